The van der Waals surface area contributed by atoms with Crippen molar-refractivity contribution in [2.24, 2.45) is 22.7 Å². The zero-order valence-corrected chi connectivity index (χ0v) is 20.8. The molecule has 164 valence electrons. The van der Waals surface area contributed by atoms with E-state index in [1.165, 1.54) is 57.8 Å². The van der Waals surface area contributed by atoms with Crippen molar-refractivity contribution in [2.75, 3.05) is 18.1 Å². The van der Waals surface area contributed by atoms with Gasteiger partial charge >= 0.3 is 0 Å². The van der Waals surface area contributed by atoms with Crippen molar-refractivity contribution >= 4 is 39.8 Å². The van der Waals surface area contributed by atoms with E-state index in [0.717, 1.165) is 24.2 Å². The Hall–Kier alpha value is -0.0500. The summed E-state index contributed by atoms with van der Waals surface area (Å²) in [6, 6.07) is 1.02. The van der Waals surface area contributed by atoms with Gasteiger partial charge in [0.05, 0.1) is 11.5 Å². The maximum absolute atomic E-state index is 11.7. The van der Waals surface area contributed by atoms with Crippen LogP contribution in [0.15, 0.2) is 4.99 Å². The predicted molar refractivity (Wildman–Crippen MR) is 128 cm³/mol. The van der Waals surface area contributed by atoms with Gasteiger partial charge in [0, 0.05) is 18.6 Å². The summed E-state index contributed by atoms with van der Waals surface area (Å²) >= 11 is 0. The van der Waals surface area contributed by atoms with Crippen LogP contribution in [0.1, 0.15) is 78.1 Å². The number of aliphatic imine (C=N–C) groups is 1. The number of sulfone groups is 1. The van der Waals surface area contributed by atoms with Crippen molar-refractivity contribution in [3.8, 4) is 0 Å². The zero-order valence-electron chi connectivity index (χ0n) is 17.7. The van der Waals surface area contributed by atoms with E-state index in [-0.39, 0.29) is 29.9 Å². The number of nitrogens with zero attached hydrogens (tertiary/aromatic N) is 1. The molecule has 0 aromatic rings. The number of rotatable bonds is 5. The van der Waals surface area contributed by atoms with E-state index >= 15 is 0 Å². The third kappa shape index (κ3) is 7.65. The summed E-state index contributed by atoms with van der Waals surface area (Å²) in [6.07, 6.45) is 12.2. The molecular weight excluding hydrogens is 485 g/mol. The number of halogens is 1. The normalized spacial score (nSPS) is 31.4. The summed E-state index contributed by atoms with van der Waals surface area (Å²) < 4.78 is 23.5. The lowest BCUT2D eigenvalue weighted by Crippen LogP contribution is -2.49. The molecule has 3 fully saturated rings. The van der Waals surface area contributed by atoms with E-state index in [0.29, 0.717) is 30.1 Å². The van der Waals surface area contributed by atoms with Crippen molar-refractivity contribution < 1.29 is 8.42 Å². The fourth-order valence-corrected chi connectivity index (χ4v) is 6.78. The van der Waals surface area contributed by atoms with Gasteiger partial charge in [-0.15, -0.1) is 24.0 Å². The van der Waals surface area contributed by atoms with Gasteiger partial charge < -0.3 is 10.6 Å². The predicted octanol–water partition coefficient (Wildman–Crippen LogP) is 4.12. The summed E-state index contributed by atoms with van der Waals surface area (Å²) in [5.74, 6) is 3.41. The van der Waals surface area contributed by atoms with Gasteiger partial charge in [0.2, 0.25) is 0 Å². The first-order valence-corrected chi connectivity index (χ1v) is 13.0. The molecule has 0 radical (unpaired) electrons. The van der Waals surface area contributed by atoms with Crippen LogP contribution in [0.25, 0.3) is 0 Å². The highest BCUT2D eigenvalue weighted by Gasteiger charge is 2.28. The van der Waals surface area contributed by atoms with Crippen LogP contribution < -0.4 is 10.6 Å². The van der Waals surface area contributed by atoms with Crippen molar-refractivity contribution in [3.63, 3.8) is 0 Å². The van der Waals surface area contributed by atoms with Gasteiger partial charge in [-0.2, -0.15) is 0 Å². The highest BCUT2D eigenvalue weighted by molar-refractivity contribution is 14.0. The van der Waals surface area contributed by atoms with Gasteiger partial charge in [-0.05, 0) is 62.7 Å². The topological polar surface area (TPSA) is 70.6 Å². The second-order valence-corrected chi connectivity index (χ2v) is 11.7. The lowest BCUT2D eigenvalue weighted by atomic mass is 9.80. The molecule has 2 aliphatic carbocycles. The standard InChI is InChI=1S/C21H39N3O2S.HI/c1-16(2)18-8-10-20(11-9-18)24-21(23-19-6-4-3-5-7-19)22-14-17-12-13-27(25,26)15-17;/h16-20H,3-15H2,1-2H3,(H2,22,23,24);1H. The molecule has 3 rings (SSSR count). The molecule has 2 N–H and O–H groups in total. The van der Waals surface area contributed by atoms with E-state index < -0.39 is 9.84 Å². The lowest BCUT2D eigenvalue weighted by molar-refractivity contribution is 0.249. The molecule has 0 amide bonds. The van der Waals surface area contributed by atoms with Crippen LogP contribution in [-0.2, 0) is 9.84 Å². The molecule has 0 spiro atoms. The first-order chi connectivity index (χ1) is 12.9. The van der Waals surface area contributed by atoms with Crippen LogP contribution in [0.3, 0.4) is 0 Å². The zero-order chi connectivity index (χ0) is 19.3. The highest BCUT2D eigenvalue weighted by Crippen LogP contribution is 2.30. The van der Waals surface area contributed by atoms with Crippen LogP contribution >= 0.6 is 24.0 Å². The molecule has 1 saturated heterocycles. The third-order valence-corrected chi connectivity index (χ3v) is 8.67. The van der Waals surface area contributed by atoms with Crippen LogP contribution in [0.4, 0.5) is 0 Å². The summed E-state index contributed by atoms with van der Waals surface area (Å²) in [6.45, 7) is 5.31. The Morgan fingerprint density at radius 1 is 0.929 bits per heavy atom. The van der Waals surface area contributed by atoms with Crippen molar-refractivity contribution in [2.45, 2.75) is 90.1 Å². The monoisotopic (exact) mass is 525 g/mol. The highest BCUT2D eigenvalue weighted by atomic mass is 127. The Morgan fingerprint density at radius 2 is 1.54 bits per heavy atom. The Kier molecular flexibility index (Phi) is 9.84. The molecule has 1 aliphatic heterocycles. The van der Waals surface area contributed by atoms with Crippen molar-refractivity contribution in [3.05, 3.63) is 0 Å². The number of guanidine groups is 1. The molecule has 1 heterocycles. The van der Waals surface area contributed by atoms with E-state index in [4.69, 9.17) is 4.99 Å². The molecule has 0 aromatic heterocycles. The van der Waals surface area contributed by atoms with Crippen LogP contribution in [0.5, 0.6) is 0 Å². The molecular formula is C21H40IN3O2S. The van der Waals surface area contributed by atoms with Gasteiger partial charge in [0.15, 0.2) is 15.8 Å². The number of hydrogen-bond donors (Lipinski definition) is 2. The molecule has 1 unspecified atom stereocenters. The quantitative estimate of drug-likeness (QED) is 0.322. The van der Waals surface area contributed by atoms with Crippen molar-refractivity contribution in [1.29, 1.82) is 0 Å². The second-order valence-electron chi connectivity index (χ2n) is 9.44. The summed E-state index contributed by atoms with van der Waals surface area (Å²) in [5.41, 5.74) is 0. The maximum atomic E-state index is 11.7. The Labute approximate surface area is 189 Å². The molecule has 7 heteroatoms. The average Bonchev–Trinajstić information content (AvgIpc) is 3.00. The Morgan fingerprint density at radius 3 is 2.07 bits per heavy atom. The van der Waals surface area contributed by atoms with Crippen LogP contribution in [0, 0.1) is 17.8 Å². The van der Waals surface area contributed by atoms with E-state index in [2.05, 4.69) is 24.5 Å². The molecule has 3 aliphatic rings. The first-order valence-electron chi connectivity index (χ1n) is 11.2. The average molecular weight is 526 g/mol. The van der Waals surface area contributed by atoms with Gasteiger partial charge in [-0.1, -0.05) is 33.1 Å². The second kappa shape index (κ2) is 11.4. The third-order valence-electron chi connectivity index (χ3n) is 6.84. The molecule has 5 nitrogen and oxygen atoms in total. The molecule has 28 heavy (non-hydrogen) atoms. The molecule has 0 aromatic carbocycles. The SMILES string of the molecule is CC(C)C1CCC(NC(=NCC2CCS(=O)(=O)C2)NC2CCCCC2)CC1.I. The van der Waals surface area contributed by atoms with Gasteiger partial charge in [-0.25, -0.2) is 8.42 Å². The molecule has 2 saturated carbocycles. The fraction of sp³-hybridized carbons (Fsp3) is 0.952. The fourth-order valence-electron chi connectivity index (χ4n) is 4.93. The maximum Gasteiger partial charge on any atom is 0.191 e. The summed E-state index contributed by atoms with van der Waals surface area (Å²) in [5, 5.41) is 7.37. The van der Waals surface area contributed by atoms with Gasteiger partial charge in [-0.3, -0.25) is 4.99 Å². The summed E-state index contributed by atoms with van der Waals surface area (Å²) in [4.78, 5) is 4.84. The van der Waals surface area contributed by atoms with E-state index in [1.807, 2.05) is 0 Å². The minimum atomic E-state index is -2.82. The molecule has 1 atom stereocenters. The van der Waals surface area contributed by atoms with E-state index in [9.17, 15) is 8.42 Å². The Balaban J connectivity index is 0.00000280. The summed E-state index contributed by atoms with van der Waals surface area (Å²) in [7, 11) is -2.82. The number of hydrogen-bond acceptors (Lipinski definition) is 3. The molecule has 0 bridgehead atoms. The van der Waals surface area contributed by atoms with Gasteiger partial charge in [0.25, 0.3) is 0 Å². The van der Waals surface area contributed by atoms with Crippen LogP contribution in [0.2, 0.25) is 0 Å². The number of nitrogens with one attached hydrogen (secondary N) is 2. The first kappa shape index (κ1) is 24.2. The smallest absolute Gasteiger partial charge is 0.191 e. The largest absolute Gasteiger partial charge is 0.354 e. The van der Waals surface area contributed by atoms with E-state index in [1.54, 1.807) is 0 Å². The minimum Gasteiger partial charge on any atom is -0.354 e. The minimum absolute atomic E-state index is 0. The Bertz CT molecular complexity index is 595. The van der Waals surface area contributed by atoms with Crippen molar-refractivity contribution in [1.82, 2.24) is 10.6 Å². The van der Waals surface area contributed by atoms with Gasteiger partial charge in [0.1, 0.15) is 0 Å². The lowest BCUT2D eigenvalue weighted by Gasteiger charge is -2.33. The van der Waals surface area contributed by atoms with Crippen LogP contribution in [-0.4, -0.2) is 44.5 Å².